The van der Waals surface area contributed by atoms with Gasteiger partial charge in [0.05, 0.1) is 17.9 Å². The summed E-state index contributed by atoms with van der Waals surface area (Å²) >= 11 is 0. The number of rotatable bonds is 2. The first-order valence-electron chi connectivity index (χ1n) is 5.97. The van der Waals surface area contributed by atoms with Gasteiger partial charge >= 0.3 is 0 Å². The van der Waals surface area contributed by atoms with E-state index >= 15 is 0 Å². The Balaban J connectivity index is 1.83. The highest BCUT2D eigenvalue weighted by Gasteiger charge is 2.14. The molecule has 1 aliphatic rings. The molecule has 0 atom stereocenters. The van der Waals surface area contributed by atoms with Crippen molar-refractivity contribution in [3.63, 3.8) is 0 Å². The minimum atomic E-state index is 0.590. The van der Waals surface area contributed by atoms with Gasteiger partial charge in [-0.05, 0) is 12.8 Å². The quantitative estimate of drug-likeness (QED) is 0.838. The van der Waals surface area contributed by atoms with E-state index in [4.69, 9.17) is 0 Å². The normalized spacial score (nSPS) is 17.8. The Labute approximate surface area is 94.7 Å². The molecule has 4 nitrogen and oxygen atoms in total. The second-order valence-corrected chi connectivity index (χ2v) is 4.43. The summed E-state index contributed by atoms with van der Waals surface area (Å²) in [5.74, 6) is 0.948. The van der Waals surface area contributed by atoms with Crippen molar-refractivity contribution < 1.29 is 0 Å². The Morgan fingerprint density at radius 3 is 2.94 bits per heavy atom. The van der Waals surface area contributed by atoms with Gasteiger partial charge in [0.15, 0.2) is 0 Å². The van der Waals surface area contributed by atoms with E-state index in [-0.39, 0.29) is 0 Å². The first-order chi connectivity index (χ1) is 7.93. The first kappa shape index (κ1) is 9.63. The molecule has 3 rings (SSSR count). The number of nitrogens with one attached hydrogen (secondary N) is 1. The van der Waals surface area contributed by atoms with Gasteiger partial charge in [-0.25, -0.2) is 4.98 Å². The summed E-state index contributed by atoms with van der Waals surface area (Å²) in [5, 5.41) is 3.53. The molecular weight excluding hydrogens is 200 g/mol. The predicted octanol–water partition coefficient (Wildman–Crippen LogP) is 2.47. The third-order valence-electron chi connectivity index (χ3n) is 3.27. The lowest BCUT2D eigenvalue weighted by Gasteiger charge is -2.22. The third-order valence-corrected chi connectivity index (χ3v) is 3.27. The van der Waals surface area contributed by atoms with Crippen molar-refractivity contribution in [3.8, 4) is 0 Å². The lowest BCUT2D eigenvalue weighted by molar-refractivity contribution is 0.460. The Morgan fingerprint density at radius 2 is 2.06 bits per heavy atom. The number of imidazole rings is 1. The van der Waals surface area contributed by atoms with Crippen LogP contribution in [0.1, 0.15) is 32.1 Å². The summed E-state index contributed by atoms with van der Waals surface area (Å²) in [6, 6.07) is 0.590. The van der Waals surface area contributed by atoms with Crippen LogP contribution in [-0.4, -0.2) is 20.4 Å². The van der Waals surface area contributed by atoms with Crippen molar-refractivity contribution in [1.29, 1.82) is 0 Å². The number of aromatic nitrogens is 3. The molecule has 0 saturated heterocycles. The maximum absolute atomic E-state index is 4.40. The smallest absolute Gasteiger partial charge is 0.207 e. The molecule has 84 valence electrons. The number of anilines is 1. The van der Waals surface area contributed by atoms with E-state index in [1.165, 1.54) is 32.1 Å². The van der Waals surface area contributed by atoms with Gasteiger partial charge in [0.1, 0.15) is 0 Å². The van der Waals surface area contributed by atoms with Crippen LogP contribution in [0.2, 0.25) is 0 Å². The maximum Gasteiger partial charge on any atom is 0.207 e. The summed E-state index contributed by atoms with van der Waals surface area (Å²) in [6.45, 7) is 0. The van der Waals surface area contributed by atoms with Crippen LogP contribution in [0.5, 0.6) is 0 Å². The van der Waals surface area contributed by atoms with Crippen LogP contribution in [0.25, 0.3) is 5.52 Å². The molecule has 1 N–H and O–H groups in total. The first-order valence-corrected chi connectivity index (χ1v) is 5.97. The minimum Gasteiger partial charge on any atom is -0.353 e. The molecule has 0 bridgehead atoms. The van der Waals surface area contributed by atoms with Crippen molar-refractivity contribution in [3.05, 3.63) is 24.8 Å². The fraction of sp³-hybridized carbons (Fsp3) is 0.500. The van der Waals surface area contributed by atoms with Crippen LogP contribution < -0.4 is 5.32 Å². The molecule has 0 radical (unpaired) electrons. The number of hydrogen-bond acceptors (Lipinski definition) is 3. The zero-order chi connectivity index (χ0) is 10.8. The fourth-order valence-electron chi connectivity index (χ4n) is 2.39. The number of nitrogens with zero attached hydrogens (tertiary/aromatic N) is 3. The molecule has 1 fully saturated rings. The molecule has 0 aliphatic heterocycles. The summed E-state index contributed by atoms with van der Waals surface area (Å²) in [4.78, 5) is 8.49. The maximum atomic E-state index is 4.40. The van der Waals surface area contributed by atoms with Gasteiger partial charge in [0.2, 0.25) is 5.95 Å². The van der Waals surface area contributed by atoms with Gasteiger partial charge in [-0.15, -0.1) is 0 Å². The minimum absolute atomic E-state index is 0.590. The standard InChI is InChI=1S/C12H16N4/c1-2-4-10(5-3-1)15-12-14-9-11-8-13-6-7-16(11)12/h6-10H,1-5H2,(H,14,15). The molecule has 0 spiro atoms. The molecule has 2 heterocycles. The summed E-state index contributed by atoms with van der Waals surface area (Å²) < 4.78 is 2.06. The summed E-state index contributed by atoms with van der Waals surface area (Å²) in [6.07, 6.45) is 14.0. The van der Waals surface area contributed by atoms with E-state index in [9.17, 15) is 0 Å². The SMILES string of the molecule is c1cn2c(NC3CCCCC3)ncc2cn1. The van der Waals surface area contributed by atoms with Crippen molar-refractivity contribution >= 4 is 11.5 Å². The second-order valence-electron chi connectivity index (χ2n) is 4.43. The van der Waals surface area contributed by atoms with Crippen molar-refractivity contribution in [2.24, 2.45) is 0 Å². The molecule has 2 aromatic heterocycles. The van der Waals surface area contributed by atoms with Gasteiger partial charge in [-0.1, -0.05) is 19.3 Å². The van der Waals surface area contributed by atoms with Crippen LogP contribution in [-0.2, 0) is 0 Å². The van der Waals surface area contributed by atoms with E-state index < -0.39 is 0 Å². The molecule has 16 heavy (non-hydrogen) atoms. The van der Waals surface area contributed by atoms with Gasteiger partial charge in [-0.3, -0.25) is 9.38 Å². The molecule has 0 unspecified atom stereocenters. The predicted molar refractivity (Wildman–Crippen MR) is 63.5 cm³/mol. The highest BCUT2D eigenvalue weighted by Crippen LogP contribution is 2.21. The zero-order valence-corrected chi connectivity index (χ0v) is 9.26. The third kappa shape index (κ3) is 1.75. The van der Waals surface area contributed by atoms with Crippen LogP contribution >= 0.6 is 0 Å². The van der Waals surface area contributed by atoms with E-state index in [1.54, 1.807) is 6.20 Å². The van der Waals surface area contributed by atoms with Crippen LogP contribution in [0.15, 0.2) is 24.8 Å². The number of hydrogen-bond donors (Lipinski definition) is 1. The van der Waals surface area contributed by atoms with Gasteiger partial charge in [-0.2, -0.15) is 0 Å². The molecule has 1 aliphatic carbocycles. The molecule has 2 aromatic rings. The molecule has 0 amide bonds. The summed E-state index contributed by atoms with van der Waals surface area (Å²) in [7, 11) is 0. The van der Waals surface area contributed by atoms with Crippen LogP contribution in [0.3, 0.4) is 0 Å². The highest BCUT2D eigenvalue weighted by atomic mass is 15.2. The van der Waals surface area contributed by atoms with Gasteiger partial charge in [0, 0.05) is 18.4 Å². The zero-order valence-electron chi connectivity index (χ0n) is 9.26. The Morgan fingerprint density at radius 1 is 1.19 bits per heavy atom. The average molecular weight is 216 g/mol. The van der Waals surface area contributed by atoms with E-state index in [1.807, 2.05) is 18.6 Å². The van der Waals surface area contributed by atoms with E-state index in [0.717, 1.165) is 11.5 Å². The van der Waals surface area contributed by atoms with Crippen molar-refractivity contribution in [2.75, 3.05) is 5.32 Å². The largest absolute Gasteiger partial charge is 0.353 e. The fourth-order valence-corrected chi connectivity index (χ4v) is 2.39. The lowest BCUT2D eigenvalue weighted by atomic mass is 9.96. The van der Waals surface area contributed by atoms with Crippen LogP contribution in [0, 0.1) is 0 Å². The van der Waals surface area contributed by atoms with Crippen molar-refractivity contribution in [1.82, 2.24) is 14.4 Å². The van der Waals surface area contributed by atoms with Crippen molar-refractivity contribution in [2.45, 2.75) is 38.1 Å². The Kier molecular flexibility index (Phi) is 2.48. The van der Waals surface area contributed by atoms with E-state index in [2.05, 4.69) is 19.7 Å². The highest BCUT2D eigenvalue weighted by molar-refractivity contribution is 5.50. The molecule has 0 aromatic carbocycles. The lowest BCUT2D eigenvalue weighted by Crippen LogP contribution is -2.23. The Bertz CT molecular complexity index is 471. The van der Waals surface area contributed by atoms with E-state index in [0.29, 0.717) is 6.04 Å². The topological polar surface area (TPSA) is 42.2 Å². The van der Waals surface area contributed by atoms with Gasteiger partial charge < -0.3 is 5.32 Å². The number of fused-ring (bicyclic) bond motifs is 1. The Hall–Kier alpha value is -1.58. The summed E-state index contributed by atoms with van der Waals surface area (Å²) in [5.41, 5.74) is 1.04. The van der Waals surface area contributed by atoms with Crippen LogP contribution in [0.4, 0.5) is 5.95 Å². The van der Waals surface area contributed by atoms with Gasteiger partial charge in [0.25, 0.3) is 0 Å². The molecular formula is C12H16N4. The molecule has 1 saturated carbocycles. The monoisotopic (exact) mass is 216 g/mol. The molecule has 4 heteroatoms. The second kappa shape index (κ2) is 4.12. The average Bonchev–Trinajstić information content (AvgIpc) is 2.74.